The van der Waals surface area contributed by atoms with Gasteiger partial charge in [-0.2, -0.15) is 0 Å². The maximum absolute atomic E-state index is 12.3. The second-order valence-corrected chi connectivity index (χ2v) is 6.55. The maximum Gasteiger partial charge on any atom is 0.237 e. The van der Waals surface area contributed by atoms with Crippen LogP contribution < -0.4 is 25.4 Å². The Kier molecular flexibility index (Phi) is 4.02. The van der Waals surface area contributed by atoms with Crippen molar-refractivity contribution in [3.63, 3.8) is 0 Å². The minimum absolute atomic E-state index is 0.0843. The molecule has 7 nitrogen and oxygen atoms in total. The number of hydrogen-bond acceptors (Lipinski definition) is 5. The number of hydrogen-bond donors (Lipinski definition) is 3. The molecule has 3 N–H and O–H groups in total. The van der Waals surface area contributed by atoms with Gasteiger partial charge in [0.15, 0.2) is 11.5 Å². The Bertz CT molecular complexity index is 663. The van der Waals surface area contributed by atoms with Crippen molar-refractivity contribution in [1.29, 1.82) is 0 Å². The van der Waals surface area contributed by atoms with Gasteiger partial charge in [-0.1, -0.05) is 12.8 Å². The van der Waals surface area contributed by atoms with E-state index in [-0.39, 0.29) is 37.1 Å². The number of ether oxygens (including phenoxy) is 2. The topological polar surface area (TPSA) is 88.7 Å². The summed E-state index contributed by atoms with van der Waals surface area (Å²) in [6, 6.07) is 5.26. The van der Waals surface area contributed by atoms with E-state index in [1.807, 2.05) is 0 Å². The molecule has 24 heavy (non-hydrogen) atoms. The van der Waals surface area contributed by atoms with Crippen LogP contribution in [0.2, 0.25) is 0 Å². The van der Waals surface area contributed by atoms with Crippen LogP contribution >= 0.6 is 0 Å². The van der Waals surface area contributed by atoms with Crippen molar-refractivity contribution >= 4 is 17.5 Å². The standard InChI is InChI=1S/C17H21N3O4/c21-16(18-10-5-6-14-15(7-10)24-9-23-14)8-13-17(22)20-12-4-2-1-3-11(12)19-13/h5-7,11-13,19H,1-4,8-9H2,(H,18,21)(H,20,22)/t11-,12-,13-/m0/s1. The van der Waals surface area contributed by atoms with Crippen LogP contribution in [0.4, 0.5) is 5.69 Å². The normalized spacial score (nSPS) is 28.0. The second-order valence-electron chi connectivity index (χ2n) is 6.55. The minimum Gasteiger partial charge on any atom is -0.454 e. The van der Waals surface area contributed by atoms with Crippen LogP contribution in [-0.2, 0) is 9.59 Å². The van der Waals surface area contributed by atoms with E-state index >= 15 is 0 Å². The SMILES string of the molecule is O=C(C[C@@H]1N[C@H]2CCCC[C@@H]2NC1=O)Nc1ccc2c(c1)OCO2. The Morgan fingerprint density at radius 3 is 2.83 bits per heavy atom. The minimum atomic E-state index is -0.474. The second kappa shape index (κ2) is 6.32. The number of rotatable bonds is 3. The molecule has 1 saturated heterocycles. The first-order chi connectivity index (χ1) is 11.7. The molecule has 7 heteroatoms. The van der Waals surface area contributed by atoms with E-state index in [9.17, 15) is 9.59 Å². The van der Waals surface area contributed by atoms with Crippen molar-refractivity contribution < 1.29 is 19.1 Å². The van der Waals surface area contributed by atoms with Gasteiger partial charge in [-0.05, 0) is 25.0 Å². The van der Waals surface area contributed by atoms with Gasteiger partial charge in [0.1, 0.15) is 0 Å². The summed E-state index contributed by atoms with van der Waals surface area (Å²) in [5.41, 5.74) is 0.635. The van der Waals surface area contributed by atoms with E-state index in [4.69, 9.17) is 9.47 Å². The van der Waals surface area contributed by atoms with Crippen molar-refractivity contribution in [1.82, 2.24) is 10.6 Å². The van der Waals surface area contributed by atoms with E-state index in [2.05, 4.69) is 16.0 Å². The fourth-order valence-electron chi connectivity index (χ4n) is 3.64. The molecular weight excluding hydrogens is 310 g/mol. The lowest BCUT2D eigenvalue weighted by atomic mass is 9.87. The van der Waals surface area contributed by atoms with Crippen LogP contribution in [0.3, 0.4) is 0 Å². The average Bonchev–Trinajstić information content (AvgIpc) is 3.03. The number of benzene rings is 1. The van der Waals surface area contributed by atoms with Gasteiger partial charge in [0.25, 0.3) is 0 Å². The molecular formula is C17H21N3O4. The molecule has 0 spiro atoms. The summed E-state index contributed by atoms with van der Waals surface area (Å²) in [5, 5.41) is 9.22. The molecule has 3 aliphatic rings. The molecule has 0 bridgehead atoms. The van der Waals surface area contributed by atoms with Crippen LogP contribution in [-0.4, -0.2) is 36.7 Å². The number of amides is 2. The van der Waals surface area contributed by atoms with E-state index in [1.54, 1.807) is 18.2 Å². The Balaban J connectivity index is 1.36. The molecule has 0 radical (unpaired) electrons. The smallest absolute Gasteiger partial charge is 0.237 e. The van der Waals surface area contributed by atoms with Gasteiger partial charge in [0, 0.05) is 23.8 Å². The molecule has 2 amide bonds. The number of carbonyl (C=O) groups is 2. The van der Waals surface area contributed by atoms with Crippen molar-refractivity contribution in [3.05, 3.63) is 18.2 Å². The van der Waals surface area contributed by atoms with Crippen LogP contribution in [0, 0.1) is 0 Å². The van der Waals surface area contributed by atoms with E-state index < -0.39 is 6.04 Å². The summed E-state index contributed by atoms with van der Waals surface area (Å²) in [6.45, 7) is 0.196. The summed E-state index contributed by atoms with van der Waals surface area (Å²) >= 11 is 0. The molecule has 0 unspecified atom stereocenters. The summed E-state index contributed by atoms with van der Waals surface area (Å²) in [5.74, 6) is 1.01. The Labute approximate surface area is 140 Å². The first kappa shape index (κ1) is 15.3. The van der Waals surface area contributed by atoms with Crippen molar-refractivity contribution in [2.24, 2.45) is 0 Å². The zero-order valence-corrected chi connectivity index (χ0v) is 13.3. The molecule has 1 aliphatic carbocycles. The van der Waals surface area contributed by atoms with Gasteiger partial charge in [-0.3, -0.25) is 9.59 Å². The number of anilines is 1. The Morgan fingerprint density at radius 2 is 1.96 bits per heavy atom. The van der Waals surface area contributed by atoms with E-state index in [1.165, 1.54) is 6.42 Å². The van der Waals surface area contributed by atoms with Gasteiger partial charge in [0.05, 0.1) is 12.5 Å². The third-order valence-electron chi connectivity index (χ3n) is 4.87. The Hall–Kier alpha value is -2.28. The number of carbonyl (C=O) groups excluding carboxylic acids is 2. The maximum atomic E-state index is 12.3. The third kappa shape index (κ3) is 3.03. The Morgan fingerprint density at radius 1 is 1.17 bits per heavy atom. The van der Waals surface area contributed by atoms with Crippen LogP contribution in [0.5, 0.6) is 11.5 Å². The molecule has 0 aromatic heterocycles. The molecule has 4 rings (SSSR count). The molecule has 3 atom stereocenters. The van der Waals surface area contributed by atoms with Crippen LogP contribution in [0.1, 0.15) is 32.1 Å². The zero-order chi connectivity index (χ0) is 16.5. The first-order valence-electron chi connectivity index (χ1n) is 8.45. The molecule has 128 valence electrons. The summed E-state index contributed by atoms with van der Waals surface area (Å²) in [6.07, 6.45) is 4.49. The summed E-state index contributed by atoms with van der Waals surface area (Å²) in [4.78, 5) is 24.5. The highest BCUT2D eigenvalue weighted by Crippen LogP contribution is 2.34. The molecule has 1 aromatic rings. The van der Waals surface area contributed by atoms with Crippen molar-refractivity contribution in [2.75, 3.05) is 12.1 Å². The van der Waals surface area contributed by atoms with Crippen molar-refractivity contribution in [3.8, 4) is 11.5 Å². The van der Waals surface area contributed by atoms with Crippen LogP contribution in [0.25, 0.3) is 0 Å². The first-order valence-corrected chi connectivity index (χ1v) is 8.45. The largest absolute Gasteiger partial charge is 0.454 e. The molecule has 1 aromatic carbocycles. The quantitative estimate of drug-likeness (QED) is 0.773. The van der Waals surface area contributed by atoms with E-state index in [0.29, 0.717) is 17.2 Å². The predicted molar refractivity (Wildman–Crippen MR) is 86.9 cm³/mol. The van der Waals surface area contributed by atoms with Crippen molar-refractivity contribution in [2.45, 2.75) is 50.2 Å². The number of fused-ring (bicyclic) bond motifs is 2. The average molecular weight is 331 g/mol. The number of nitrogens with one attached hydrogen (secondary N) is 3. The lowest BCUT2D eigenvalue weighted by molar-refractivity contribution is -0.129. The lowest BCUT2D eigenvalue weighted by Crippen LogP contribution is -2.65. The van der Waals surface area contributed by atoms with Gasteiger partial charge in [-0.25, -0.2) is 0 Å². The molecule has 2 aliphatic heterocycles. The highest BCUT2D eigenvalue weighted by Gasteiger charge is 2.36. The molecule has 1 saturated carbocycles. The fraction of sp³-hybridized carbons (Fsp3) is 0.529. The van der Waals surface area contributed by atoms with Crippen LogP contribution in [0.15, 0.2) is 18.2 Å². The fourth-order valence-corrected chi connectivity index (χ4v) is 3.64. The predicted octanol–water partition coefficient (Wildman–Crippen LogP) is 1.14. The van der Waals surface area contributed by atoms with E-state index in [0.717, 1.165) is 19.3 Å². The molecule has 2 fully saturated rings. The van der Waals surface area contributed by atoms with Gasteiger partial charge < -0.3 is 25.4 Å². The third-order valence-corrected chi connectivity index (χ3v) is 4.87. The highest BCUT2D eigenvalue weighted by molar-refractivity contribution is 5.96. The highest BCUT2D eigenvalue weighted by atomic mass is 16.7. The van der Waals surface area contributed by atoms with Gasteiger partial charge in [-0.15, -0.1) is 0 Å². The van der Waals surface area contributed by atoms with Gasteiger partial charge >= 0.3 is 0 Å². The lowest BCUT2D eigenvalue weighted by Gasteiger charge is -2.40. The van der Waals surface area contributed by atoms with Gasteiger partial charge in [0.2, 0.25) is 18.6 Å². The summed E-state index contributed by atoms with van der Waals surface area (Å²) in [7, 11) is 0. The zero-order valence-electron chi connectivity index (χ0n) is 13.3. The molecule has 2 heterocycles. The monoisotopic (exact) mass is 331 g/mol. The summed E-state index contributed by atoms with van der Waals surface area (Å²) < 4.78 is 10.5. The number of piperazine rings is 1.